The Morgan fingerprint density at radius 3 is 2.36 bits per heavy atom. The van der Waals surface area contributed by atoms with Crippen LogP contribution in [0.4, 0.5) is 4.39 Å². The minimum atomic E-state index is -0.282. The molecule has 0 aromatic heterocycles. The summed E-state index contributed by atoms with van der Waals surface area (Å²) in [6.45, 7) is 5.54. The Hall–Kier alpha value is -1.66. The van der Waals surface area contributed by atoms with Crippen LogP contribution in [-0.4, -0.2) is 54.5 Å². The van der Waals surface area contributed by atoms with Crippen molar-refractivity contribution in [3.63, 3.8) is 0 Å². The number of hydrogen-bond donors (Lipinski definition) is 0. The van der Waals surface area contributed by atoms with Crippen LogP contribution in [0.3, 0.4) is 0 Å². The summed E-state index contributed by atoms with van der Waals surface area (Å²) < 4.78 is 19.1. The molecule has 0 spiro atoms. The molecule has 5 nitrogen and oxygen atoms in total. The molecular formula is C21H28ClFN2O3. The Labute approximate surface area is 170 Å². The normalized spacial score (nSPS) is 19.6. The number of likely N-dealkylation sites (tertiary alicyclic amines) is 2. The van der Waals surface area contributed by atoms with Crippen molar-refractivity contribution in [1.82, 2.24) is 9.80 Å². The van der Waals surface area contributed by atoms with Gasteiger partial charge in [0.1, 0.15) is 5.82 Å². The van der Waals surface area contributed by atoms with E-state index in [4.69, 9.17) is 16.3 Å². The van der Waals surface area contributed by atoms with E-state index in [0.717, 1.165) is 25.9 Å². The SMILES string of the molecule is CCOC(=O)C1CCN(C(=O)C2CCN(Cc3ccc(Cl)cc3F)CC2)CC1. The van der Waals surface area contributed by atoms with Gasteiger partial charge in [-0.05, 0) is 57.8 Å². The van der Waals surface area contributed by atoms with Crippen molar-refractivity contribution in [1.29, 1.82) is 0 Å². The highest BCUT2D eigenvalue weighted by molar-refractivity contribution is 6.30. The van der Waals surface area contributed by atoms with Gasteiger partial charge in [-0.3, -0.25) is 14.5 Å². The van der Waals surface area contributed by atoms with Crippen molar-refractivity contribution in [2.75, 3.05) is 32.8 Å². The lowest BCUT2D eigenvalue weighted by molar-refractivity contribution is -0.152. The van der Waals surface area contributed by atoms with Crippen LogP contribution >= 0.6 is 11.6 Å². The van der Waals surface area contributed by atoms with Crippen LogP contribution in [-0.2, 0) is 20.9 Å². The maximum atomic E-state index is 14.0. The van der Waals surface area contributed by atoms with E-state index in [1.165, 1.54) is 6.07 Å². The quantitative estimate of drug-likeness (QED) is 0.697. The molecule has 1 aromatic carbocycles. The van der Waals surface area contributed by atoms with Gasteiger partial charge in [0.15, 0.2) is 0 Å². The van der Waals surface area contributed by atoms with E-state index in [-0.39, 0.29) is 29.5 Å². The van der Waals surface area contributed by atoms with E-state index in [9.17, 15) is 14.0 Å². The first-order valence-electron chi connectivity index (χ1n) is 10.1. The van der Waals surface area contributed by atoms with Crippen LogP contribution in [0.1, 0.15) is 38.2 Å². The molecule has 154 valence electrons. The first-order valence-corrected chi connectivity index (χ1v) is 10.5. The van der Waals surface area contributed by atoms with Gasteiger partial charge in [-0.25, -0.2) is 4.39 Å². The van der Waals surface area contributed by atoms with Crippen LogP contribution < -0.4 is 0 Å². The monoisotopic (exact) mass is 410 g/mol. The smallest absolute Gasteiger partial charge is 0.309 e. The van der Waals surface area contributed by atoms with Crippen LogP contribution in [0.2, 0.25) is 5.02 Å². The maximum absolute atomic E-state index is 14.0. The van der Waals surface area contributed by atoms with Gasteiger partial charge in [0.25, 0.3) is 0 Å². The van der Waals surface area contributed by atoms with E-state index in [0.29, 0.717) is 49.7 Å². The molecule has 1 amide bonds. The highest BCUT2D eigenvalue weighted by Crippen LogP contribution is 2.26. The molecule has 0 atom stereocenters. The molecule has 0 radical (unpaired) electrons. The van der Waals surface area contributed by atoms with Crippen LogP contribution in [0.15, 0.2) is 18.2 Å². The van der Waals surface area contributed by atoms with Gasteiger partial charge in [-0.15, -0.1) is 0 Å². The molecule has 3 rings (SSSR count). The molecule has 28 heavy (non-hydrogen) atoms. The van der Waals surface area contributed by atoms with Crippen molar-refractivity contribution >= 4 is 23.5 Å². The number of piperidine rings is 2. The van der Waals surface area contributed by atoms with Gasteiger partial charge in [-0.1, -0.05) is 17.7 Å². The van der Waals surface area contributed by atoms with Gasteiger partial charge < -0.3 is 9.64 Å². The summed E-state index contributed by atoms with van der Waals surface area (Å²) in [5.74, 6) is -0.294. The fourth-order valence-corrected chi connectivity index (χ4v) is 4.24. The van der Waals surface area contributed by atoms with E-state index >= 15 is 0 Å². The fourth-order valence-electron chi connectivity index (χ4n) is 4.08. The van der Waals surface area contributed by atoms with Gasteiger partial charge in [-0.2, -0.15) is 0 Å². The number of esters is 1. The summed E-state index contributed by atoms with van der Waals surface area (Å²) in [4.78, 5) is 28.7. The molecular weight excluding hydrogens is 383 g/mol. The lowest BCUT2D eigenvalue weighted by Crippen LogP contribution is -2.46. The Kier molecular flexibility index (Phi) is 7.30. The van der Waals surface area contributed by atoms with E-state index in [1.54, 1.807) is 12.1 Å². The highest BCUT2D eigenvalue weighted by Gasteiger charge is 2.33. The van der Waals surface area contributed by atoms with Gasteiger partial charge in [0, 0.05) is 36.1 Å². The fraction of sp³-hybridized carbons (Fsp3) is 0.619. The zero-order valence-electron chi connectivity index (χ0n) is 16.3. The maximum Gasteiger partial charge on any atom is 0.309 e. The predicted octanol–water partition coefficient (Wildman–Crippen LogP) is 3.49. The molecule has 1 aromatic rings. The highest BCUT2D eigenvalue weighted by atomic mass is 35.5. The summed E-state index contributed by atoms with van der Waals surface area (Å²) in [7, 11) is 0. The first kappa shape index (κ1) is 21.1. The molecule has 7 heteroatoms. The number of rotatable bonds is 5. The number of hydrogen-bond acceptors (Lipinski definition) is 4. The summed E-state index contributed by atoms with van der Waals surface area (Å²) in [5, 5.41) is 0.400. The number of ether oxygens (including phenoxy) is 1. The standard InChI is InChI=1S/C21H28ClFN2O3/c1-2-28-21(27)16-7-11-25(12-8-16)20(26)15-5-9-24(10-6-15)14-17-3-4-18(22)13-19(17)23/h3-4,13,15-16H,2,5-12,14H2,1H3. The summed E-state index contributed by atoms with van der Waals surface area (Å²) in [6, 6.07) is 4.77. The molecule has 0 aliphatic carbocycles. The molecule has 0 saturated carbocycles. The molecule has 2 aliphatic rings. The third kappa shape index (κ3) is 5.23. The Morgan fingerprint density at radius 2 is 1.75 bits per heavy atom. The van der Waals surface area contributed by atoms with Crippen LogP contribution in [0.5, 0.6) is 0 Å². The zero-order valence-corrected chi connectivity index (χ0v) is 17.1. The Balaban J connectivity index is 1.44. The van der Waals surface area contributed by atoms with Crippen molar-refractivity contribution in [3.05, 3.63) is 34.6 Å². The molecule has 2 saturated heterocycles. The topological polar surface area (TPSA) is 49.9 Å². The van der Waals surface area contributed by atoms with E-state index < -0.39 is 0 Å². The lowest BCUT2D eigenvalue weighted by Gasteiger charge is -2.37. The largest absolute Gasteiger partial charge is 0.466 e. The van der Waals surface area contributed by atoms with Crippen molar-refractivity contribution < 1.29 is 18.7 Å². The molecule has 0 bridgehead atoms. The van der Waals surface area contributed by atoms with Gasteiger partial charge in [0.05, 0.1) is 12.5 Å². The number of amides is 1. The minimum Gasteiger partial charge on any atom is -0.466 e. The van der Waals surface area contributed by atoms with Crippen molar-refractivity contribution in [2.24, 2.45) is 11.8 Å². The lowest BCUT2D eigenvalue weighted by atomic mass is 9.92. The van der Waals surface area contributed by atoms with Crippen molar-refractivity contribution in [3.8, 4) is 0 Å². The first-order chi connectivity index (χ1) is 13.5. The second-order valence-electron chi connectivity index (χ2n) is 7.64. The molecule has 2 fully saturated rings. The molecule has 2 aliphatic heterocycles. The zero-order chi connectivity index (χ0) is 20.1. The average molecular weight is 411 g/mol. The molecule has 0 unspecified atom stereocenters. The summed E-state index contributed by atoms with van der Waals surface area (Å²) in [5.41, 5.74) is 0.634. The van der Waals surface area contributed by atoms with Gasteiger partial charge >= 0.3 is 5.97 Å². The van der Waals surface area contributed by atoms with Gasteiger partial charge in [0.2, 0.25) is 5.91 Å². The van der Waals surface area contributed by atoms with Crippen LogP contribution in [0.25, 0.3) is 0 Å². The number of carbonyl (C=O) groups is 2. The second-order valence-corrected chi connectivity index (χ2v) is 8.07. The second kappa shape index (κ2) is 9.70. The summed E-state index contributed by atoms with van der Waals surface area (Å²) in [6.07, 6.45) is 2.93. The Morgan fingerprint density at radius 1 is 1.11 bits per heavy atom. The van der Waals surface area contributed by atoms with E-state index in [1.807, 2.05) is 11.8 Å². The number of halogens is 2. The predicted molar refractivity (Wildman–Crippen MR) is 105 cm³/mol. The third-order valence-corrected chi connectivity index (χ3v) is 6.01. The summed E-state index contributed by atoms with van der Waals surface area (Å²) >= 11 is 5.81. The molecule has 2 heterocycles. The van der Waals surface area contributed by atoms with Crippen LogP contribution in [0, 0.1) is 17.7 Å². The number of benzene rings is 1. The minimum absolute atomic E-state index is 0.0189. The number of carbonyl (C=O) groups excluding carboxylic acids is 2. The number of nitrogens with zero attached hydrogens (tertiary/aromatic N) is 2. The van der Waals surface area contributed by atoms with Crippen molar-refractivity contribution in [2.45, 2.75) is 39.2 Å². The van der Waals surface area contributed by atoms with E-state index in [2.05, 4.69) is 4.90 Å². The average Bonchev–Trinajstić information content (AvgIpc) is 2.70. The Bertz CT molecular complexity index is 699. The third-order valence-electron chi connectivity index (χ3n) is 5.77. The molecule has 0 N–H and O–H groups in total.